The van der Waals surface area contributed by atoms with Crippen molar-refractivity contribution in [2.45, 2.75) is 31.3 Å². The standard InChI is InChI=1S/C13H21N3O3S/c1-3-14-13-5-4-12(8-15-13)20(18,19)16-7-6-11(9-16)10(2)17/h4-5,8,10-11,17H,3,6-7,9H2,1-2H3,(H,14,15). The molecule has 2 rings (SSSR count). The summed E-state index contributed by atoms with van der Waals surface area (Å²) in [6, 6.07) is 3.23. The number of sulfonamides is 1. The summed E-state index contributed by atoms with van der Waals surface area (Å²) in [4.78, 5) is 4.29. The van der Waals surface area contributed by atoms with Gasteiger partial charge in [-0.2, -0.15) is 4.31 Å². The first kappa shape index (κ1) is 15.2. The third kappa shape index (κ3) is 3.11. The van der Waals surface area contributed by atoms with E-state index in [0.29, 0.717) is 25.3 Å². The highest BCUT2D eigenvalue weighted by molar-refractivity contribution is 7.89. The van der Waals surface area contributed by atoms with Crippen molar-refractivity contribution in [3.8, 4) is 0 Å². The maximum absolute atomic E-state index is 12.5. The Bertz CT molecular complexity index is 542. The summed E-state index contributed by atoms with van der Waals surface area (Å²) in [5, 5.41) is 12.6. The lowest BCUT2D eigenvalue weighted by Gasteiger charge is -2.17. The molecule has 1 aromatic rings. The van der Waals surface area contributed by atoms with Gasteiger partial charge < -0.3 is 10.4 Å². The molecule has 1 fully saturated rings. The lowest BCUT2D eigenvalue weighted by atomic mass is 10.0. The Balaban J connectivity index is 2.14. The van der Waals surface area contributed by atoms with Crippen LogP contribution >= 0.6 is 0 Å². The van der Waals surface area contributed by atoms with E-state index in [0.717, 1.165) is 6.54 Å². The molecule has 2 N–H and O–H groups in total. The molecule has 112 valence electrons. The number of rotatable bonds is 5. The summed E-state index contributed by atoms with van der Waals surface area (Å²) < 4.78 is 26.3. The second-order valence-electron chi connectivity index (χ2n) is 5.06. The Morgan fingerprint density at radius 2 is 2.30 bits per heavy atom. The monoisotopic (exact) mass is 299 g/mol. The van der Waals surface area contributed by atoms with Crippen LogP contribution in [-0.2, 0) is 10.0 Å². The average Bonchev–Trinajstić information content (AvgIpc) is 2.90. The molecule has 0 bridgehead atoms. The van der Waals surface area contributed by atoms with E-state index in [1.165, 1.54) is 10.5 Å². The number of pyridine rings is 1. The van der Waals surface area contributed by atoms with Gasteiger partial charge in [-0.3, -0.25) is 0 Å². The molecule has 1 aliphatic rings. The van der Waals surface area contributed by atoms with Gasteiger partial charge in [0.1, 0.15) is 10.7 Å². The molecule has 0 amide bonds. The van der Waals surface area contributed by atoms with E-state index in [4.69, 9.17) is 0 Å². The van der Waals surface area contributed by atoms with Gasteiger partial charge in [-0.05, 0) is 38.3 Å². The van der Waals surface area contributed by atoms with Gasteiger partial charge in [0.15, 0.2) is 0 Å². The van der Waals surface area contributed by atoms with Crippen LogP contribution in [0.25, 0.3) is 0 Å². The number of nitrogens with zero attached hydrogens (tertiary/aromatic N) is 2. The van der Waals surface area contributed by atoms with Crippen LogP contribution in [0.1, 0.15) is 20.3 Å². The molecule has 20 heavy (non-hydrogen) atoms. The van der Waals surface area contributed by atoms with Crippen LogP contribution in [0.2, 0.25) is 0 Å². The van der Waals surface area contributed by atoms with Gasteiger partial charge in [0.25, 0.3) is 0 Å². The van der Waals surface area contributed by atoms with Gasteiger partial charge in [0.2, 0.25) is 10.0 Å². The van der Waals surface area contributed by atoms with Gasteiger partial charge in [-0.15, -0.1) is 0 Å². The molecular formula is C13H21N3O3S. The molecule has 7 heteroatoms. The predicted octanol–water partition coefficient (Wildman–Crippen LogP) is 0.905. The van der Waals surface area contributed by atoms with Crippen LogP contribution in [0.5, 0.6) is 0 Å². The second-order valence-corrected chi connectivity index (χ2v) is 7.00. The molecule has 1 aliphatic heterocycles. The summed E-state index contributed by atoms with van der Waals surface area (Å²) >= 11 is 0. The van der Waals surface area contributed by atoms with Crippen LogP contribution in [0.3, 0.4) is 0 Å². The van der Waals surface area contributed by atoms with Crippen LogP contribution in [0, 0.1) is 5.92 Å². The third-order valence-electron chi connectivity index (χ3n) is 3.60. The van der Waals surface area contributed by atoms with Gasteiger partial charge in [-0.25, -0.2) is 13.4 Å². The number of anilines is 1. The number of hydrogen-bond acceptors (Lipinski definition) is 5. The summed E-state index contributed by atoms with van der Waals surface area (Å²) in [6.07, 6.45) is 1.59. The van der Waals surface area contributed by atoms with Gasteiger partial charge in [0, 0.05) is 25.8 Å². The normalized spacial score (nSPS) is 21.9. The molecule has 1 aromatic heterocycles. The maximum Gasteiger partial charge on any atom is 0.244 e. The zero-order valence-electron chi connectivity index (χ0n) is 11.8. The largest absolute Gasteiger partial charge is 0.393 e. The van der Waals surface area contributed by atoms with Gasteiger partial charge in [-0.1, -0.05) is 0 Å². The maximum atomic E-state index is 12.5. The van der Waals surface area contributed by atoms with E-state index in [-0.39, 0.29) is 10.8 Å². The molecule has 1 saturated heterocycles. The molecule has 0 spiro atoms. The average molecular weight is 299 g/mol. The zero-order valence-corrected chi connectivity index (χ0v) is 12.6. The van der Waals surface area contributed by atoms with Crippen molar-refractivity contribution in [3.05, 3.63) is 18.3 Å². The Morgan fingerprint density at radius 1 is 1.55 bits per heavy atom. The molecule has 2 heterocycles. The molecular weight excluding hydrogens is 278 g/mol. The Labute approximate surface area is 119 Å². The third-order valence-corrected chi connectivity index (χ3v) is 5.45. The van der Waals surface area contributed by atoms with Crippen molar-refractivity contribution < 1.29 is 13.5 Å². The summed E-state index contributed by atoms with van der Waals surface area (Å²) in [7, 11) is -3.50. The fourth-order valence-electron chi connectivity index (χ4n) is 2.33. The van der Waals surface area contributed by atoms with E-state index in [1.54, 1.807) is 19.1 Å². The minimum atomic E-state index is -3.50. The number of aliphatic hydroxyl groups is 1. The van der Waals surface area contributed by atoms with Crippen LogP contribution < -0.4 is 5.32 Å². The minimum absolute atomic E-state index is 0.0127. The summed E-state index contributed by atoms with van der Waals surface area (Å²) in [6.45, 7) is 5.21. The van der Waals surface area contributed by atoms with Crippen molar-refractivity contribution >= 4 is 15.8 Å². The quantitative estimate of drug-likeness (QED) is 0.844. The fraction of sp³-hybridized carbons (Fsp3) is 0.615. The lowest BCUT2D eigenvalue weighted by Crippen LogP contribution is -2.30. The zero-order chi connectivity index (χ0) is 14.8. The van der Waals surface area contributed by atoms with Crippen LogP contribution in [0.15, 0.2) is 23.2 Å². The lowest BCUT2D eigenvalue weighted by molar-refractivity contribution is 0.133. The molecule has 2 unspecified atom stereocenters. The Kier molecular flexibility index (Phi) is 4.62. The minimum Gasteiger partial charge on any atom is -0.393 e. The highest BCUT2D eigenvalue weighted by Gasteiger charge is 2.34. The van der Waals surface area contributed by atoms with Crippen LogP contribution in [-0.4, -0.2) is 48.6 Å². The number of nitrogens with one attached hydrogen (secondary N) is 1. The van der Waals surface area contributed by atoms with Gasteiger partial charge in [0.05, 0.1) is 6.10 Å². The first-order chi connectivity index (χ1) is 9.45. The smallest absolute Gasteiger partial charge is 0.244 e. The fourth-order valence-corrected chi connectivity index (χ4v) is 3.79. The second kappa shape index (κ2) is 6.07. The number of hydrogen-bond donors (Lipinski definition) is 2. The molecule has 0 aliphatic carbocycles. The first-order valence-corrected chi connectivity index (χ1v) is 8.27. The Morgan fingerprint density at radius 3 is 2.80 bits per heavy atom. The molecule has 0 saturated carbocycles. The highest BCUT2D eigenvalue weighted by Crippen LogP contribution is 2.26. The number of aliphatic hydroxyl groups excluding tert-OH is 1. The SMILES string of the molecule is CCNc1ccc(S(=O)(=O)N2CCC(C(C)O)C2)cn1. The van der Waals surface area contributed by atoms with Crippen molar-refractivity contribution in [1.82, 2.24) is 9.29 Å². The summed E-state index contributed by atoms with van der Waals surface area (Å²) in [5.41, 5.74) is 0. The summed E-state index contributed by atoms with van der Waals surface area (Å²) in [5.74, 6) is 0.675. The van der Waals surface area contributed by atoms with Crippen molar-refractivity contribution in [1.29, 1.82) is 0 Å². The molecule has 6 nitrogen and oxygen atoms in total. The van der Waals surface area contributed by atoms with Crippen molar-refractivity contribution in [2.24, 2.45) is 5.92 Å². The topological polar surface area (TPSA) is 82.5 Å². The van der Waals surface area contributed by atoms with E-state index in [1.807, 2.05) is 6.92 Å². The molecule has 2 atom stereocenters. The highest BCUT2D eigenvalue weighted by atomic mass is 32.2. The number of aromatic nitrogens is 1. The van der Waals surface area contributed by atoms with E-state index in [2.05, 4.69) is 10.3 Å². The van der Waals surface area contributed by atoms with Crippen LogP contribution in [0.4, 0.5) is 5.82 Å². The van der Waals surface area contributed by atoms with E-state index in [9.17, 15) is 13.5 Å². The van der Waals surface area contributed by atoms with Crippen molar-refractivity contribution in [3.63, 3.8) is 0 Å². The van der Waals surface area contributed by atoms with E-state index >= 15 is 0 Å². The molecule has 0 aromatic carbocycles. The van der Waals surface area contributed by atoms with Gasteiger partial charge >= 0.3 is 0 Å². The van der Waals surface area contributed by atoms with Crippen molar-refractivity contribution in [2.75, 3.05) is 25.0 Å². The van der Waals surface area contributed by atoms with E-state index < -0.39 is 16.1 Å². The Hall–Kier alpha value is -1.18. The molecule has 0 radical (unpaired) electrons. The predicted molar refractivity (Wildman–Crippen MR) is 76.9 cm³/mol. The first-order valence-electron chi connectivity index (χ1n) is 6.83.